The van der Waals surface area contributed by atoms with E-state index in [1.807, 2.05) is 13.0 Å². The summed E-state index contributed by atoms with van der Waals surface area (Å²) in [5.74, 6) is -0.803. The minimum atomic E-state index is -0.803. The normalized spacial score (nSPS) is 20.9. The van der Waals surface area contributed by atoms with Gasteiger partial charge in [-0.1, -0.05) is 6.08 Å². The van der Waals surface area contributed by atoms with Crippen LogP contribution in [-0.2, 0) is 19.0 Å². The summed E-state index contributed by atoms with van der Waals surface area (Å²) in [7, 11) is 3.26. The van der Waals surface area contributed by atoms with Gasteiger partial charge in [0.1, 0.15) is 0 Å². The third kappa shape index (κ3) is 5.07. The highest BCUT2D eigenvalue weighted by molar-refractivity contribution is 5.67. The monoisotopic (exact) mass is 284 g/mol. The van der Waals surface area contributed by atoms with Gasteiger partial charge in [0.2, 0.25) is 0 Å². The highest BCUT2D eigenvalue weighted by Gasteiger charge is 2.22. The summed E-state index contributed by atoms with van der Waals surface area (Å²) in [6.45, 7) is 2.43. The zero-order valence-electron chi connectivity index (χ0n) is 12.4. The Labute approximate surface area is 120 Å². The molecule has 0 amide bonds. The third-order valence-electron chi connectivity index (χ3n) is 3.28. The molecule has 5 nitrogen and oxygen atoms in total. The fraction of sp³-hybridized carbons (Fsp3) is 0.667. The van der Waals surface area contributed by atoms with Crippen LogP contribution in [0.15, 0.2) is 23.3 Å². The van der Waals surface area contributed by atoms with E-state index in [0.717, 1.165) is 24.0 Å². The summed E-state index contributed by atoms with van der Waals surface area (Å²) < 4.78 is 16.4. The van der Waals surface area contributed by atoms with Crippen molar-refractivity contribution >= 4 is 5.97 Å². The van der Waals surface area contributed by atoms with Crippen LogP contribution in [0, 0.1) is 0 Å². The van der Waals surface area contributed by atoms with Gasteiger partial charge in [0.15, 0.2) is 6.29 Å². The van der Waals surface area contributed by atoms with Crippen LogP contribution in [0.4, 0.5) is 0 Å². The molecule has 0 saturated heterocycles. The van der Waals surface area contributed by atoms with E-state index in [0.29, 0.717) is 13.0 Å². The number of rotatable bonds is 8. The number of carboxylic acid groups (broad SMARTS) is 1. The first-order valence-corrected chi connectivity index (χ1v) is 6.92. The Kier molecular flexibility index (Phi) is 7.51. The maximum Gasteiger partial charge on any atom is 0.303 e. The van der Waals surface area contributed by atoms with Crippen LogP contribution in [0.2, 0.25) is 0 Å². The third-order valence-corrected chi connectivity index (χ3v) is 3.28. The average Bonchev–Trinajstić information content (AvgIpc) is 2.64. The van der Waals surface area contributed by atoms with Crippen molar-refractivity contribution in [2.45, 2.75) is 45.0 Å². The predicted molar refractivity (Wildman–Crippen MR) is 75.5 cm³/mol. The molecule has 1 aliphatic carbocycles. The van der Waals surface area contributed by atoms with E-state index >= 15 is 0 Å². The van der Waals surface area contributed by atoms with Gasteiger partial charge in [-0.3, -0.25) is 4.79 Å². The fourth-order valence-corrected chi connectivity index (χ4v) is 2.27. The van der Waals surface area contributed by atoms with Gasteiger partial charge in [0.05, 0.1) is 6.10 Å². The molecule has 0 radical (unpaired) electrons. The molecule has 20 heavy (non-hydrogen) atoms. The first-order valence-electron chi connectivity index (χ1n) is 6.92. The quantitative estimate of drug-likeness (QED) is 0.694. The number of methoxy groups -OCH3 is 2. The molecular weight excluding hydrogens is 260 g/mol. The van der Waals surface area contributed by atoms with Crippen molar-refractivity contribution in [3.05, 3.63) is 23.3 Å². The Morgan fingerprint density at radius 1 is 1.50 bits per heavy atom. The molecule has 0 aromatic rings. The average molecular weight is 284 g/mol. The lowest BCUT2D eigenvalue weighted by Gasteiger charge is -2.21. The molecule has 0 heterocycles. The molecule has 1 N–H and O–H groups in total. The van der Waals surface area contributed by atoms with E-state index in [1.54, 1.807) is 14.2 Å². The number of hydrogen-bond acceptors (Lipinski definition) is 4. The minimum Gasteiger partial charge on any atom is -0.481 e. The van der Waals surface area contributed by atoms with Crippen LogP contribution < -0.4 is 0 Å². The Balaban J connectivity index is 2.96. The SMILES string of the molecule is CCOC(OC)C1=CC(OC)CCC=C1CCC(=O)O. The molecule has 5 heteroatoms. The first-order chi connectivity index (χ1) is 9.62. The number of carboxylic acids is 1. The summed E-state index contributed by atoms with van der Waals surface area (Å²) in [6, 6.07) is 0. The number of allylic oxidation sites excluding steroid dienone is 1. The van der Waals surface area contributed by atoms with Crippen LogP contribution in [0.3, 0.4) is 0 Å². The maximum atomic E-state index is 10.8. The lowest BCUT2D eigenvalue weighted by Crippen LogP contribution is -2.21. The van der Waals surface area contributed by atoms with E-state index < -0.39 is 12.3 Å². The molecule has 1 rings (SSSR count). The molecule has 0 aliphatic heterocycles. The van der Waals surface area contributed by atoms with Crippen molar-refractivity contribution in [2.24, 2.45) is 0 Å². The van der Waals surface area contributed by atoms with Crippen LogP contribution in [0.1, 0.15) is 32.6 Å². The second kappa shape index (κ2) is 8.89. The zero-order chi connectivity index (χ0) is 15.0. The summed E-state index contributed by atoms with van der Waals surface area (Å²) in [4.78, 5) is 10.8. The molecule has 1 aliphatic rings. The standard InChI is InChI=1S/C15H24O5/c1-4-20-15(19-3)13-10-12(18-2)7-5-6-11(13)8-9-14(16)17/h6,10,12,15H,4-5,7-9H2,1-3H3,(H,16,17). The highest BCUT2D eigenvalue weighted by Crippen LogP contribution is 2.28. The van der Waals surface area contributed by atoms with Crippen LogP contribution >= 0.6 is 0 Å². The number of ether oxygens (including phenoxy) is 3. The minimum absolute atomic E-state index is 0.00156. The molecule has 2 unspecified atom stereocenters. The lowest BCUT2D eigenvalue weighted by atomic mass is 10.00. The summed E-state index contributed by atoms with van der Waals surface area (Å²) in [5, 5.41) is 8.86. The molecule has 0 saturated carbocycles. The molecule has 0 spiro atoms. The van der Waals surface area contributed by atoms with Crippen molar-refractivity contribution in [2.75, 3.05) is 20.8 Å². The summed E-state index contributed by atoms with van der Waals surface area (Å²) in [5.41, 5.74) is 1.87. The predicted octanol–water partition coefficient (Wildman–Crippen LogP) is 2.52. The maximum absolute atomic E-state index is 10.8. The smallest absolute Gasteiger partial charge is 0.303 e. The van der Waals surface area contributed by atoms with E-state index in [2.05, 4.69) is 6.08 Å². The van der Waals surface area contributed by atoms with Gasteiger partial charge in [0, 0.05) is 32.8 Å². The number of carbonyl (C=O) groups is 1. The first kappa shape index (κ1) is 16.9. The van der Waals surface area contributed by atoms with Gasteiger partial charge in [0.25, 0.3) is 0 Å². The van der Waals surface area contributed by atoms with E-state index in [4.69, 9.17) is 19.3 Å². The zero-order valence-corrected chi connectivity index (χ0v) is 12.4. The second-order valence-electron chi connectivity index (χ2n) is 4.62. The molecule has 2 atom stereocenters. The van der Waals surface area contributed by atoms with Crippen molar-refractivity contribution < 1.29 is 24.1 Å². The Morgan fingerprint density at radius 2 is 2.25 bits per heavy atom. The van der Waals surface area contributed by atoms with Gasteiger partial charge >= 0.3 is 5.97 Å². The van der Waals surface area contributed by atoms with E-state index in [-0.39, 0.29) is 12.5 Å². The number of hydrogen-bond donors (Lipinski definition) is 1. The Hall–Kier alpha value is -1.17. The molecular formula is C15H24O5. The van der Waals surface area contributed by atoms with Crippen molar-refractivity contribution in [1.29, 1.82) is 0 Å². The van der Waals surface area contributed by atoms with Crippen molar-refractivity contribution in [1.82, 2.24) is 0 Å². The van der Waals surface area contributed by atoms with Crippen LogP contribution in [-0.4, -0.2) is 44.3 Å². The molecule has 0 bridgehead atoms. The van der Waals surface area contributed by atoms with E-state index in [9.17, 15) is 4.79 Å². The number of aliphatic carboxylic acids is 1. The topological polar surface area (TPSA) is 65.0 Å². The molecule has 0 fully saturated rings. The highest BCUT2D eigenvalue weighted by atomic mass is 16.7. The molecule has 0 aromatic carbocycles. The molecule has 114 valence electrons. The summed E-state index contributed by atoms with van der Waals surface area (Å²) >= 11 is 0. The van der Waals surface area contributed by atoms with Gasteiger partial charge in [-0.05, 0) is 37.8 Å². The van der Waals surface area contributed by atoms with Gasteiger partial charge < -0.3 is 19.3 Å². The fourth-order valence-electron chi connectivity index (χ4n) is 2.27. The Bertz CT molecular complexity index is 372. The van der Waals surface area contributed by atoms with Crippen LogP contribution in [0.25, 0.3) is 0 Å². The van der Waals surface area contributed by atoms with Crippen molar-refractivity contribution in [3.8, 4) is 0 Å². The molecule has 0 aromatic heterocycles. The van der Waals surface area contributed by atoms with Gasteiger partial charge in [-0.2, -0.15) is 0 Å². The van der Waals surface area contributed by atoms with Crippen LogP contribution in [0.5, 0.6) is 0 Å². The largest absolute Gasteiger partial charge is 0.481 e. The lowest BCUT2D eigenvalue weighted by molar-refractivity contribution is -0.137. The summed E-state index contributed by atoms with van der Waals surface area (Å²) in [6.07, 6.45) is 5.89. The van der Waals surface area contributed by atoms with Crippen molar-refractivity contribution in [3.63, 3.8) is 0 Å². The van der Waals surface area contributed by atoms with Gasteiger partial charge in [-0.25, -0.2) is 0 Å². The second-order valence-corrected chi connectivity index (χ2v) is 4.62. The van der Waals surface area contributed by atoms with E-state index in [1.165, 1.54) is 0 Å². The Morgan fingerprint density at radius 3 is 2.80 bits per heavy atom. The van der Waals surface area contributed by atoms with Gasteiger partial charge in [-0.15, -0.1) is 0 Å².